The van der Waals surface area contributed by atoms with E-state index in [0.29, 0.717) is 19.5 Å². The average Bonchev–Trinajstić information content (AvgIpc) is 2.56. The van der Waals surface area contributed by atoms with Crippen LogP contribution in [0.15, 0.2) is 23.4 Å². The lowest BCUT2D eigenvalue weighted by molar-refractivity contribution is -0.119. The quantitative estimate of drug-likeness (QED) is 0.680. The van der Waals surface area contributed by atoms with Crippen molar-refractivity contribution >= 4 is 5.91 Å². The van der Waals surface area contributed by atoms with Gasteiger partial charge in [-0.2, -0.15) is 0 Å². The van der Waals surface area contributed by atoms with Crippen LogP contribution in [0.3, 0.4) is 0 Å². The molecule has 1 N–H and O–H groups in total. The molecule has 74 valence electrons. The first-order valence-corrected chi connectivity index (χ1v) is 4.53. The van der Waals surface area contributed by atoms with Gasteiger partial charge in [-0.25, -0.2) is 4.98 Å². The summed E-state index contributed by atoms with van der Waals surface area (Å²) in [6.45, 7) is 1.21. The highest BCUT2D eigenvalue weighted by Gasteiger charge is 2.21. The van der Waals surface area contributed by atoms with Crippen molar-refractivity contribution < 1.29 is 4.79 Å². The molecule has 1 aromatic rings. The van der Waals surface area contributed by atoms with Crippen LogP contribution in [0.2, 0.25) is 0 Å². The van der Waals surface area contributed by atoms with E-state index in [-0.39, 0.29) is 17.4 Å². The third-order valence-electron chi connectivity index (χ3n) is 2.31. The van der Waals surface area contributed by atoms with Crippen molar-refractivity contribution in [3.8, 4) is 0 Å². The second-order valence-electron chi connectivity index (χ2n) is 3.45. The Bertz CT molecular complexity index is 399. The van der Waals surface area contributed by atoms with Gasteiger partial charge in [0.05, 0.1) is 6.33 Å². The summed E-state index contributed by atoms with van der Waals surface area (Å²) in [5.74, 6) is 0.274. The minimum atomic E-state index is -0.0700. The van der Waals surface area contributed by atoms with Gasteiger partial charge in [-0.1, -0.05) is 0 Å². The summed E-state index contributed by atoms with van der Waals surface area (Å²) >= 11 is 0. The maximum Gasteiger partial charge on any atom is 0.253 e. The molecule has 14 heavy (non-hydrogen) atoms. The molecule has 1 aliphatic rings. The maximum atomic E-state index is 11.3. The SMILES string of the molecule is O=C1CC(Cn2cnccc2=O)CN1. The Kier molecular flexibility index (Phi) is 2.30. The minimum absolute atomic E-state index is 0.0620. The fourth-order valence-corrected chi connectivity index (χ4v) is 1.59. The minimum Gasteiger partial charge on any atom is -0.356 e. The van der Waals surface area contributed by atoms with Gasteiger partial charge in [-0.05, 0) is 0 Å². The smallest absolute Gasteiger partial charge is 0.253 e. The third-order valence-corrected chi connectivity index (χ3v) is 2.31. The summed E-state index contributed by atoms with van der Waals surface area (Å²) in [7, 11) is 0. The lowest BCUT2D eigenvalue weighted by Crippen LogP contribution is -2.24. The van der Waals surface area contributed by atoms with Crippen molar-refractivity contribution in [3.05, 3.63) is 28.9 Å². The molecule has 1 unspecified atom stereocenters. The van der Waals surface area contributed by atoms with Crippen LogP contribution >= 0.6 is 0 Å². The van der Waals surface area contributed by atoms with E-state index in [1.807, 2.05) is 0 Å². The summed E-state index contributed by atoms with van der Waals surface area (Å²) in [5, 5.41) is 2.73. The molecule has 2 heterocycles. The highest BCUT2D eigenvalue weighted by atomic mass is 16.2. The van der Waals surface area contributed by atoms with E-state index in [0.717, 1.165) is 0 Å². The molecule has 1 aromatic heterocycles. The van der Waals surface area contributed by atoms with Gasteiger partial charge in [0.1, 0.15) is 0 Å². The predicted molar refractivity (Wildman–Crippen MR) is 49.6 cm³/mol. The van der Waals surface area contributed by atoms with Gasteiger partial charge in [-0.15, -0.1) is 0 Å². The molecule has 1 atom stereocenters. The zero-order valence-electron chi connectivity index (χ0n) is 7.64. The largest absolute Gasteiger partial charge is 0.356 e. The number of nitrogens with zero attached hydrogens (tertiary/aromatic N) is 2. The molecule has 1 aliphatic heterocycles. The van der Waals surface area contributed by atoms with Gasteiger partial charge in [-0.3, -0.25) is 14.2 Å². The fraction of sp³-hybridized carbons (Fsp3) is 0.444. The van der Waals surface area contributed by atoms with Crippen LogP contribution in [0.5, 0.6) is 0 Å². The molecule has 0 aromatic carbocycles. The van der Waals surface area contributed by atoms with E-state index >= 15 is 0 Å². The van der Waals surface area contributed by atoms with E-state index in [1.54, 1.807) is 0 Å². The van der Waals surface area contributed by atoms with E-state index < -0.39 is 0 Å². The Labute approximate surface area is 80.8 Å². The number of hydrogen-bond donors (Lipinski definition) is 1. The molecule has 1 saturated heterocycles. The summed E-state index contributed by atoms with van der Waals surface area (Å²) in [6.07, 6.45) is 3.48. The Morgan fingerprint density at radius 1 is 1.57 bits per heavy atom. The zero-order valence-corrected chi connectivity index (χ0v) is 7.64. The number of aromatic nitrogens is 2. The molecule has 0 aliphatic carbocycles. The molecule has 0 saturated carbocycles. The maximum absolute atomic E-state index is 11.3. The van der Waals surface area contributed by atoms with Crippen molar-refractivity contribution in [1.29, 1.82) is 0 Å². The molecule has 5 nitrogen and oxygen atoms in total. The number of amides is 1. The van der Waals surface area contributed by atoms with Crippen LogP contribution in [0.25, 0.3) is 0 Å². The standard InChI is InChI=1S/C9H11N3O2/c13-8-3-7(4-11-8)5-12-6-10-2-1-9(12)14/h1-2,6-7H,3-5H2,(H,11,13). The summed E-state index contributed by atoms with van der Waals surface area (Å²) in [5.41, 5.74) is -0.0700. The topological polar surface area (TPSA) is 64.0 Å². The number of carbonyl (C=O) groups excluding carboxylic acids is 1. The lowest BCUT2D eigenvalue weighted by atomic mass is 10.1. The number of rotatable bonds is 2. The van der Waals surface area contributed by atoms with Crippen LogP contribution in [-0.4, -0.2) is 22.0 Å². The molecule has 0 bridgehead atoms. The Morgan fingerprint density at radius 2 is 2.43 bits per heavy atom. The normalized spacial score (nSPS) is 20.9. The number of carbonyl (C=O) groups is 1. The molecule has 1 amide bonds. The van der Waals surface area contributed by atoms with Crippen molar-refractivity contribution in [2.24, 2.45) is 5.92 Å². The van der Waals surface area contributed by atoms with Gasteiger partial charge in [0.15, 0.2) is 0 Å². The van der Waals surface area contributed by atoms with Crippen molar-refractivity contribution in [2.45, 2.75) is 13.0 Å². The first-order valence-electron chi connectivity index (χ1n) is 4.53. The second-order valence-corrected chi connectivity index (χ2v) is 3.45. The molecular weight excluding hydrogens is 182 g/mol. The van der Waals surface area contributed by atoms with Gasteiger partial charge in [0.2, 0.25) is 5.91 Å². The Balaban J connectivity index is 2.08. The van der Waals surface area contributed by atoms with E-state index in [2.05, 4.69) is 10.3 Å². The molecule has 0 spiro atoms. The second kappa shape index (κ2) is 3.61. The van der Waals surface area contributed by atoms with Crippen LogP contribution in [0, 0.1) is 5.92 Å². The molecule has 0 radical (unpaired) electrons. The van der Waals surface area contributed by atoms with Crippen LogP contribution in [0.4, 0.5) is 0 Å². The Hall–Kier alpha value is -1.65. The van der Waals surface area contributed by atoms with Crippen LogP contribution < -0.4 is 10.9 Å². The van der Waals surface area contributed by atoms with Gasteiger partial charge >= 0.3 is 0 Å². The third kappa shape index (κ3) is 1.81. The fourth-order valence-electron chi connectivity index (χ4n) is 1.59. The first-order chi connectivity index (χ1) is 6.75. The highest BCUT2D eigenvalue weighted by molar-refractivity contribution is 5.78. The van der Waals surface area contributed by atoms with Gasteiger partial charge in [0.25, 0.3) is 5.56 Å². The van der Waals surface area contributed by atoms with E-state index in [4.69, 9.17) is 0 Å². The lowest BCUT2D eigenvalue weighted by Gasteiger charge is -2.08. The van der Waals surface area contributed by atoms with Crippen LogP contribution in [-0.2, 0) is 11.3 Å². The number of hydrogen-bond acceptors (Lipinski definition) is 3. The predicted octanol–water partition coefficient (Wildman–Crippen LogP) is -0.621. The highest BCUT2D eigenvalue weighted by Crippen LogP contribution is 2.09. The summed E-state index contributed by atoms with van der Waals surface area (Å²) in [4.78, 5) is 26.1. The molecule has 2 rings (SSSR count). The monoisotopic (exact) mass is 193 g/mol. The van der Waals surface area contributed by atoms with Crippen molar-refractivity contribution in [1.82, 2.24) is 14.9 Å². The van der Waals surface area contributed by atoms with Gasteiger partial charge < -0.3 is 5.32 Å². The van der Waals surface area contributed by atoms with Crippen molar-refractivity contribution in [2.75, 3.05) is 6.54 Å². The summed E-state index contributed by atoms with van der Waals surface area (Å²) in [6, 6.07) is 1.42. The van der Waals surface area contributed by atoms with E-state index in [9.17, 15) is 9.59 Å². The van der Waals surface area contributed by atoms with Gasteiger partial charge in [0, 0.05) is 37.7 Å². The number of nitrogens with one attached hydrogen (secondary N) is 1. The molecule has 1 fully saturated rings. The van der Waals surface area contributed by atoms with Crippen molar-refractivity contribution in [3.63, 3.8) is 0 Å². The van der Waals surface area contributed by atoms with Crippen LogP contribution in [0.1, 0.15) is 6.42 Å². The zero-order chi connectivity index (χ0) is 9.97. The molecular formula is C9H11N3O2. The molecule has 5 heteroatoms. The average molecular weight is 193 g/mol. The first kappa shape index (κ1) is 8.93. The summed E-state index contributed by atoms with van der Waals surface area (Å²) < 4.78 is 1.53. The van der Waals surface area contributed by atoms with E-state index in [1.165, 1.54) is 23.2 Å². The Morgan fingerprint density at radius 3 is 3.07 bits per heavy atom.